The van der Waals surface area contributed by atoms with Crippen molar-refractivity contribution in [3.8, 4) is 0 Å². The van der Waals surface area contributed by atoms with Gasteiger partial charge in [-0.25, -0.2) is 0 Å². The van der Waals surface area contributed by atoms with Crippen LogP contribution in [0.5, 0.6) is 0 Å². The number of para-hydroxylation sites is 2. The molecule has 0 fully saturated rings. The van der Waals surface area contributed by atoms with Crippen molar-refractivity contribution in [2.24, 2.45) is 0 Å². The van der Waals surface area contributed by atoms with Gasteiger partial charge < -0.3 is 4.42 Å². The first-order valence-corrected chi connectivity index (χ1v) is 8.43. The number of fused-ring (bicyclic) bond motifs is 3. The standard InChI is InChI=1S/C20H17ClO2/c1-2-3-7-14-17(19(22)18(14)21)15-10-6-9-13-12-8-4-5-11-16(12)23-20(13)15/h4-6,8-11,17H,2-3,7H2,1H3/t17-/m1/s1. The molecule has 23 heavy (non-hydrogen) atoms. The van der Waals surface area contributed by atoms with E-state index in [-0.39, 0.29) is 11.7 Å². The van der Waals surface area contributed by atoms with Crippen molar-refractivity contribution in [3.63, 3.8) is 0 Å². The third-order valence-electron chi connectivity index (χ3n) is 4.65. The van der Waals surface area contributed by atoms with E-state index in [0.717, 1.165) is 52.3 Å². The second kappa shape index (κ2) is 5.54. The number of halogens is 1. The van der Waals surface area contributed by atoms with Gasteiger partial charge in [0, 0.05) is 16.3 Å². The molecule has 0 spiro atoms. The molecule has 1 atom stereocenters. The Labute approximate surface area is 139 Å². The Morgan fingerprint density at radius 3 is 2.70 bits per heavy atom. The molecule has 0 unspecified atom stereocenters. The lowest BCUT2D eigenvalue weighted by Gasteiger charge is -2.29. The molecule has 1 aromatic heterocycles. The van der Waals surface area contributed by atoms with E-state index in [0.29, 0.717) is 5.03 Å². The quantitative estimate of drug-likeness (QED) is 0.595. The van der Waals surface area contributed by atoms with E-state index in [1.807, 2.05) is 42.5 Å². The molecule has 3 aromatic rings. The van der Waals surface area contributed by atoms with E-state index in [9.17, 15) is 4.79 Å². The highest BCUT2D eigenvalue weighted by Gasteiger charge is 2.40. The van der Waals surface area contributed by atoms with Gasteiger partial charge in [-0.05, 0) is 24.5 Å². The number of Topliss-reactive ketones (excluding diaryl/α,β-unsaturated/α-hetero) is 1. The molecule has 0 aliphatic heterocycles. The molecule has 0 N–H and O–H groups in total. The van der Waals surface area contributed by atoms with Gasteiger partial charge >= 0.3 is 0 Å². The molecule has 2 nitrogen and oxygen atoms in total. The fraction of sp³-hybridized carbons (Fsp3) is 0.250. The average molecular weight is 325 g/mol. The van der Waals surface area contributed by atoms with Gasteiger partial charge in [0.05, 0.1) is 11.0 Å². The Kier molecular flexibility index (Phi) is 3.50. The van der Waals surface area contributed by atoms with Crippen molar-refractivity contribution in [1.82, 2.24) is 0 Å². The largest absolute Gasteiger partial charge is 0.456 e. The Morgan fingerprint density at radius 1 is 1.09 bits per heavy atom. The first-order chi connectivity index (χ1) is 11.2. The molecule has 0 saturated carbocycles. The number of benzene rings is 2. The third kappa shape index (κ3) is 2.13. The zero-order valence-corrected chi connectivity index (χ0v) is 13.7. The summed E-state index contributed by atoms with van der Waals surface area (Å²) in [5.41, 5.74) is 3.67. The Bertz CT molecular complexity index is 949. The molecule has 4 rings (SSSR count). The summed E-state index contributed by atoms with van der Waals surface area (Å²) in [6.45, 7) is 2.14. The zero-order valence-electron chi connectivity index (χ0n) is 12.9. The Morgan fingerprint density at radius 2 is 1.87 bits per heavy atom. The highest BCUT2D eigenvalue weighted by atomic mass is 35.5. The van der Waals surface area contributed by atoms with Crippen molar-refractivity contribution in [2.75, 3.05) is 0 Å². The summed E-state index contributed by atoms with van der Waals surface area (Å²) in [6.07, 6.45) is 3.01. The fourth-order valence-electron chi connectivity index (χ4n) is 3.44. The van der Waals surface area contributed by atoms with E-state index >= 15 is 0 Å². The number of unbranched alkanes of at least 4 members (excludes halogenated alkanes) is 1. The van der Waals surface area contributed by atoms with Gasteiger partial charge in [0.25, 0.3) is 0 Å². The number of carbonyl (C=O) groups is 1. The second-order valence-electron chi connectivity index (χ2n) is 6.06. The maximum Gasteiger partial charge on any atom is 0.185 e. The molecule has 0 amide bonds. The van der Waals surface area contributed by atoms with Gasteiger partial charge in [0.15, 0.2) is 5.78 Å². The van der Waals surface area contributed by atoms with Crippen molar-refractivity contribution in [2.45, 2.75) is 32.1 Å². The van der Waals surface area contributed by atoms with Crippen LogP contribution >= 0.6 is 11.6 Å². The summed E-state index contributed by atoms with van der Waals surface area (Å²) < 4.78 is 6.06. The molecule has 116 valence electrons. The van der Waals surface area contributed by atoms with E-state index in [1.54, 1.807) is 0 Å². The maximum atomic E-state index is 12.4. The molecule has 1 aliphatic carbocycles. The average Bonchev–Trinajstić information content (AvgIpc) is 2.97. The second-order valence-corrected chi connectivity index (χ2v) is 6.44. The summed E-state index contributed by atoms with van der Waals surface area (Å²) >= 11 is 6.18. The monoisotopic (exact) mass is 324 g/mol. The normalized spacial score (nSPS) is 18.0. The smallest absolute Gasteiger partial charge is 0.185 e. The van der Waals surface area contributed by atoms with Crippen molar-refractivity contribution >= 4 is 39.3 Å². The number of hydrogen-bond donors (Lipinski definition) is 0. The van der Waals surface area contributed by atoms with Gasteiger partial charge in [-0.1, -0.05) is 61.3 Å². The zero-order chi connectivity index (χ0) is 16.0. The number of furan rings is 1. The van der Waals surface area contributed by atoms with Gasteiger partial charge in [-0.15, -0.1) is 0 Å². The molecular weight excluding hydrogens is 308 g/mol. The van der Waals surface area contributed by atoms with Crippen LogP contribution in [0.1, 0.15) is 37.7 Å². The van der Waals surface area contributed by atoms with Crippen LogP contribution in [-0.4, -0.2) is 5.78 Å². The van der Waals surface area contributed by atoms with E-state index in [1.165, 1.54) is 0 Å². The fourth-order valence-corrected chi connectivity index (χ4v) is 3.75. The van der Waals surface area contributed by atoms with Crippen LogP contribution in [0.4, 0.5) is 0 Å². The maximum absolute atomic E-state index is 12.4. The summed E-state index contributed by atoms with van der Waals surface area (Å²) in [5.74, 6) is -0.218. The van der Waals surface area contributed by atoms with Crippen LogP contribution in [0.15, 0.2) is 57.5 Å². The van der Waals surface area contributed by atoms with Crippen LogP contribution < -0.4 is 0 Å². The minimum Gasteiger partial charge on any atom is -0.456 e. The van der Waals surface area contributed by atoms with E-state index < -0.39 is 0 Å². The third-order valence-corrected chi connectivity index (χ3v) is 5.08. The number of ketones is 1. The Balaban J connectivity index is 1.88. The first-order valence-electron chi connectivity index (χ1n) is 8.05. The Hall–Kier alpha value is -2.06. The summed E-state index contributed by atoms with van der Waals surface area (Å²) in [7, 11) is 0. The molecule has 1 heterocycles. The van der Waals surface area contributed by atoms with Crippen molar-refractivity contribution in [1.29, 1.82) is 0 Å². The van der Waals surface area contributed by atoms with Gasteiger partial charge in [-0.2, -0.15) is 0 Å². The summed E-state index contributed by atoms with van der Waals surface area (Å²) in [4.78, 5) is 12.4. The minimum absolute atomic E-state index is 0.0192. The molecule has 1 aliphatic rings. The van der Waals surface area contributed by atoms with Crippen LogP contribution in [0.3, 0.4) is 0 Å². The first kappa shape index (κ1) is 14.5. The van der Waals surface area contributed by atoms with Crippen LogP contribution in [0.2, 0.25) is 0 Å². The highest BCUT2D eigenvalue weighted by molar-refractivity contribution is 6.47. The molecule has 0 radical (unpaired) electrons. The van der Waals surface area contributed by atoms with Crippen LogP contribution in [-0.2, 0) is 4.79 Å². The van der Waals surface area contributed by atoms with Crippen molar-refractivity contribution in [3.05, 3.63) is 58.6 Å². The lowest BCUT2D eigenvalue weighted by Crippen LogP contribution is -2.27. The SMILES string of the molecule is CCCCC1=C(Cl)C(=O)[C@H]1c1cccc2c1oc1ccccc12. The van der Waals surface area contributed by atoms with Crippen LogP contribution in [0, 0.1) is 0 Å². The molecule has 2 aromatic carbocycles. The molecule has 0 saturated heterocycles. The predicted octanol–water partition coefficient (Wildman–Crippen LogP) is 5.94. The van der Waals surface area contributed by atoms with Gasteiger partial charge in [0.2, 0.25) is 0 Å². The van der Waals surface area contributed by atoms with E-state index in [2.05, 4.69) is 6.92 Å². The molecule has 3 heteroatoms. The number of carbonyl (C=O) groups excluding carboxylic acids is 1. The van der Waals surface area contributed by atoms with Gasteiger partial charge in [0.1, 0.15) is 11.2 Å². The lowest BCUT2D eigenvalue weighted by molar-refractivity contribution is -0.117. The summed E-state index contributed by atoms with van der Waals surface area (Å²) in [5, 5.41) is 2.57. The molecule has 0 bridgehead atoms. The highest BCUT2D eigenvalue weighted by Crippen LogP contribution is 2.46. The predicted molar refractivity (Wildman–Crippen MR) is 93.9 cm³/mol. The number of rotatable bonds is 4. The minimum atomic E-state index is -0.238. The van der Waals surface area contributed by atoms with Crippen LogP contribution in [0.25, 0.3) is 21.9 Å². The number of hydrogen-bond acceptors (Lipinski definition) is 2. The molecular formula is C20H17ClO2. The van der Waals surface area contributed by atoms with Crippen molar-refractivity contribution < 1.29 is 9.21 Å². The van der Waals surface area contributed by atoms with E-state index in [4.69, 9.17) is 16.0 Å². The summed E-state index contributed by atoms with van der Waals surface area (Å²) in [6, 6.07) is 14.0. The number of allylic oxidation sites excluding steroid dienone is 2. The lowest BCUT2D eigenvalue weighted by atomic mass is 9.75. The van der Waals surface area contributed by atoms with Gasteiger partial charge in [-0.3, -0.25) is 4.79 Å². The topological polar surface area (TPSA) is 30.2 Å².